The second-order valence-corrected chi connectivity index (χ2v) is 10.4. The smallest absolute Gasteiger partial charge is 0.191 e. The number of nitrogens with zero attached hydrogens (tertiary/aromatic N) is 1. The number of guanidine groups is 1. The van der Waals surface area contributed by atoms with Gasteiger partial charge in [-0.3, -0.25) is 4.99 Å². The number of aliphatic imine (C=N–C) groups is 1. The van der Waals surface area contributed by atoms with Crippen LogP contribution in [0.4, 0.5) is 0 Å². The first-order chi connectivity index (χ1) is 14.4. The summed E-state index contributed by atoms with van der Waals surface area (Å²) >= 11 is 0. The Bertz CT molecular complexity index is 982. The van der Waals surface area contributed by atoms with Crippen molar-refractivity contribution >= 4 is 50.7 Å². The zero-order valence-electron chi connectivity index (χ0n) is 18.7. The Morgan fingerprint density at radius 2 is 1.94 bits per heavy atom. The Morgan fingerprint density at radius 1 is 1.19 bits per heavy atom. The van der Waals surface area contributed by atoms with E-state index in [0.29, 0.717) is 45.1 Å². The monoisotopic (exact) mass is 562 g/mol. The summed E-state index contributed by atoms with van der Waals surface area (Å²) in [5, 5.41) is 7.85. The van der Waals surface area contributed by atoms with Gasteiger partial charge in [0.2, 0.25) is 0 Å². The molecule has 7 nitrogen and oxygen atoms in total. The van der Waals surface area contributed by atoms with Gasteiger partial charge in [0.1, 0.15) is 0 Å². The second-order valence-electron chi connectivity index (χ2n) is 7.95. The number of rotatable bonds is 8. The molecule has 31 heavy (non-hydrogen) atoms. The first kappa shape index (κ1) is 25.9. The normalized spacial score (nSPS) is 16.7. The number of benzene rings is 1. The minimum absolute atomic E-state index is 0. The molecule has 2 aromatic rings. The molecule has 3 rings (SSSR count). The fraction of sp³-hybridized carbons (Fsp3) is 0.591. The Balaban J connectivity index is 0.00000341. The maximum Gasteiger partial charge on any atom is 0.191 e. The SMILES string of the molecule is CCNC(=NCC1(S(C)(=O)=O)CCOCC1)NCCc1c[nH]c2c(CC)cccc12.I. The van der Waals surface area contributed by atoms with Crippen LogP contribution in [-0.2, 0) is 27.4 Å². The third-order valence-electron chi connectivity index (χ3n) is 6.02. The van der Waals surface area contributed by atoms with E-state index in [-0.39, 0.29) is 30.5 Å². The highest BCUT2D eigenvalue weighted by Gasteiger charge is 2.42. The number of H-pyrrole nitrogens is 1. The van der Waals surface area contributed by atoms with Gasteiger partial charge in [-0.25, -0.2) is 8.42 Å². The number of halogens is 1. The first-order valence-corrected chi connectivity index (χ1v) is 12.7. The molecular formula is C22H35IN4O3S. The molecule has 0 radical (unpaired) electrons. The van der Waals surface area contributed by atoms with Gasteiger partial charge in [-0.1, -0.05) is 25.1 Å². The number of hydrogen-bond acceptors (Lipinski definition) is 4. The van der Waals surface area contributed by atoms with Gasteiger partial charge in [0.25, 0.3) is 0 Å². The van der Waals surface area contributed by atoms with Gasteiger partial charge in [-0.2, -0.15) is 0 Å². The molecule has 1 aromatic carbocycles. The molecule has 1 saturated heterocycles. The fourth-order valence-corrected chi connectivity index (χ4v) is 5.25. The Hall–Kier alpha value is -1.33. The number of hydrogen-bond donors (Lipinski definition) is 3. The summed E-state index contributed by atoms with van der Waals surface area (Å²) in [6.07, 6.45) is 6.22. The first-order valence-electron chi connectivity index (χ1n) is 10.8. The van der Waals surface area contributed by atoms with E-state index in [2.05, 4.69) is 51.9 Å². The molecule has 0 unspecified atom stereocenters. The molecule has 1 aliphatic rings. The average Bonchev–Trinajstić information content (AvgIpc) is 3.15. The zero-order chi connectivity index (χ0) is 21.6. The molecule has 1 aromatic heterocycles. The second kappa shape index (κ2) is 11.5. The molecule has 0 amide bonds. The summed E-state index contributed by atoms with van der Waals surface area (Å²) in [4.78, 5) is 8.04. The van der Waals surface area contributed by atoms with Gasteiger partial charge in [-0.05, 0) is 43.7 Å². The van der Waals surface area contributed by atoms with E-state index in [4.69, 9.17) is 4.74 Å². The number of sulfone groups is 1. The van der Waals surface area contributed by atoms with Gasteiger partial charge >= 0.3 is 0 Å². The summed E-state index contributed by atoms with van der Waals surface area (Å²) in [6, 6.07) is 6.42. The number of ether oxygens (including phenoxy) is 1. The molecular weight excluding hydrogens is 527 g/mol. The van der Waals surface area contributed by atoms with Crippen molar-refractivity contribution in [3.63, 3.8) is 0 Å². The molecule has 0 spiro atoms. The molecule has 1 aliphatic heterocycles. The summed E-state index contributed by atoms with van der Waals surface area (Å²) in [5.41, 5.74) is 3.80. The van der Waals surface area contributed by atoms with Crippen molar-refractivity contribution in [1.82, 2.24) is 15.6 Å². The fourth-order valence-electron chi connectivity index (χ4n) is 4.05. The maximum atomic E-state index is 12.5. The van der Waals surface area contributed by atoms with Crippen LogP contribution in [0.1, 0.15) is 37.8 Å². The molecule has 0 saturated carbocycles. The molecule has 1 fully saturated rings. The lowest BCUT2D eigenvalue weighted by atomic mass is 9.99. The van der Waals surface area contributed by atoms with Crippen LogP contribution in [0, 0.1) is 0 Å². The molecule has 0 atom stereocenters. The largest absolute Gasteiger partial charge is 0.381 e. The van der Waals surface area contributed by atoms with Crippen LogP contribution in [0.25, 0.3) is 10.9 Å². The lowest BCUT2D eigenvalue weighted by molar-refractivity contribution is 0.0768. The summed E-state index contributed by atoms with van der Waals surface area (Å²) in [6.45, 7) is 6.77. The molecule has 3 N–H and O–H groups in total. The van der Waals surface area contributed by atoms with Crippen molar-refractivity contribution in [2.45, 2.75) is 44.3 Å². The highest BCUT2D eigenvalue weighted by Crippen LogP contribution is 2.29. The van der Waals surface area contributed by atoms with Crippen LogP contribution >= 0.6 is 24.0 Å². The maximum absolute atomic E-state index is 12.5. The molecule has 0 bridgehead atoms. The number of aromatic amines is 1. The van der Waals surface area contributed by atoms with E-state index in [0.717, 1.165) is 12.8 Å². The van der Waals surface area contributed by atoms with E-state index in [9.17, 15) is 8.42 Å². The third-order valence-corrected chi connectivity index (χ3v) is 8.13. The Kier molecular flexibility index (Phi) is 9.63. The van der Waals surface area contributed by atoms with Crippen LogP contribution in [0.5, 0.6) is 0 Å². The lowest BCUT2D eigenvalue weighted by Gasteiger charge is -2.34. The van der Waals surface area contributed by atoms with E-state index in [1.807, 2.05) is 6.92 Å². The van der Waals surface area contributed by atoms with Crippen LogP contribution < -0.4 is 10.6 Å². The lowest BCUT2D eigenvalue weighted by Crippen LogP contribution is -2.47. The van der Waals surface area contributed by atoms with Crippen molar-refractivity contribution < 1.29 is 13.2 Å². The van der Waals surface area contributed by atoms with E-state index < -0.39 is 14.6 Å². The highest BCUT2D eigenvalue weighted by atomic mass is 127. The number of fused-ring (bicyclic) bond motifs is 1. The number of nitrogens with one attached hydrogen (secondary N) is 3. The van der Waals surface area contributed by atoms with E-state index in [1.165, 1.54) is 28.3 Å². The van der Waals surface area contributed by atoms with Crippen molar-refractivity contribution in [3.05, 3.63) is 35.5 Å². The highest BCUT2D eigenvalue weighted by molar-refractivity contribution is 14.0. The van der Waals surface area contributed by atoms with Crippen LogP contribution in [0.2, 0.25) is 0 Å². The van der Waals surface area contributed by atoms with Crippen molar-refractivity contribution in [2.24, 2.45) is 4.99 Å². The molecule has 9 heteroatoms. The molecule has 174 valence electrons. The molecule has 0 aliphatic carbocycles. The Morgan fingerprint density at radius 3 is 2.58 bits per heavy atom. The third kappa shape index (κ3) is 6.13. The van der Waals surface area contributed by atoms with Gasteiger partial charge in [0, 0.05) is 49.7 Å². The topological polar surface area (TPSA) is 95.6 Å². The standard InChI is InChI=1S/C22H34N4O3S.HI/c1-4-17-7-6-8-19-18(15-25-20(17)19)9-12-24-21(23-5-2)26-16-22(30(3,27)28)10-13-29-14-11-22;/h6-8,15,25H,4-5,9-14,16H2,1-3H3,(H2,23,24,26);1H. The van der Waals surface area contributed by atoms with Gasteiger partial charge < -0.3 is 20.4 Å². The number of aromatic nitrogens is 1. The predicted octanol–water partition coefficient (Wildman–Crippen LogP) is 3.04. The van der Waals surface area contributed by atoms with Crippen molar-refractivity contribution in [1.29, 1.82) is 0 Å². The minimum atomic E-state index is -3.23. The molecule has 2 heterocycles. The van der Waals surface area contributed by atoms with Crippen LogP contribution in [0.3, 0.4) is 0 Å². The van der Waals surface area contributed by atoms with Crippen molar-refractivity contribution in [2.75, 3.05) is 39.1 Å². The van der Waals surface area contributed by atoms with E-state index in [1.54, 1.807) is 0 Å². The number of para-hydroxylation sites is 1. The van der Waals surface area contributed by atoms with Crippen molar-refractivity contribution in [3.8, 4) is 0 Å². The Labute approximate surface area is 202 Å². The number of aryl methyl sites for hydroxylation is 1. The summed E-state index contributed by atoms with van der Waals surface area (Å²) in [5.74, 6) is 0.654. The van der Waals surface area contributed by atoms with E-state index >= 15 is 0 Å². The van der Waals surface area contributed by atoms with Gasteiger partial charge in [-0.15, -0.1) is 24.0 Å². The van der Waals surface area contributed by atoms with Gasteiger partial charge in [0.05, 0.1) is 11.3 Å². The van der Waals surface area contributed by atoms with Crippen LogP contribution in [0.15, 0.2) is 29.4 Å². The average molecular weight is 563 g/mol. The predicted molar refractivity (Wildman–Crippen MR) is 138 cm³/mol. The summed E-state index contributed by atoms with van der Waals surface area (Å²) in [7, 11) is -3.23. The minimum Gasteiger partial charge on any atom is -0.381 e. The van der Waals surface area contributed by atoms with Crippen LogP contribution in [-0.4, -0.2) is 63.2 Å². The quantitative estimate of drug-likeness (QED) is 0.261. The summed E-state index contributed by atoms with van der Waals surface area (Å²) < 4.78 is 29.5. The van der Waals surface area contributed by atoms with Gasteiger partial charge in [0.15, 0.2) is 15.8 Å². The zero-order valence-corrected chi connectivity index (χ0v) is 21.8.